The van der Waals surface area contributed by atoms with E-state index in [9.17, 15) is 9.59 Å². The van der Waals surface area contributed by atoms with Gasteiger partial charge in [0.05, 0.1) is 13.2 Å². The summed E-state index contributed by atoms with van der Waals surface area (Å²) in [4.78, 5) is 26.2. The molecule has 0 bridgehead atoms. The first kappa shape index (κ1) is 17.7. The maximum Gasteiger partial charge on any atom is 0.319 e. The van der Waals surface area contributed by atoms with E-state index in [1.54, 1.807) is 24.3 Å². The van der Waals surface area contributed by atoms with E-state index in [0.29, 0.717) is 23.8 Å². The van der Waals surface area contributed by atoms with Crippen LogP contribution in [0.25, 0.3) is 0 Å². The molecule has 0 spiro atoms. The van der Waals surface area contributed by atoms with Gasteiger partial charge in [-0.3, -0.25) is 9.69 Å². The van der Waals surface area contributed by atoms with Crippen LogP contribution in [-0.4, -0.2) is 62.3 Å². The number of morpholine rings is 1. The SMILES string of the molecule is O=C(NCCCN1CCOCC1)Nc1ccc(C(=O)NC2CC2)cc1. The Morgan fingerprint density at radius 1 is 1.12 bits per heavy atom. The van der Waals surface area contributed by atoms with Crippen LogP contribution in [0.4, 0.5) is 10.5 Å². The van der Waals surface area contributed by atoms with Gasteiger partial charge in [0, 0.05) is 36.9 Å². The number of carbonyl (C=O) groups excluding carboxylic acids is 2. The number of carbonyl (C=O) groups is 2. The summed E-state index contributed by atoms with van der Waals surface area (Å²) in [6.07, 6.45) is 3.04. The summed E-state index contributed by atoms with van der Waals surface area (Å²) in [6, 6.07) is 7.06. The van der Waals surface area contributed by atoms with Gasteiger partial charge in [-0.05, 0) is 50.1 Å². The van der Waals surface area contributed by atoms with Crippen molar-refractivity contribution in [3.05, 3.63) is 29.8 Å². The van der Waals surface area contributed by atoms with Crippen molar-refractivity contribution in [3.8, 4) is 0 Å². The average molecular weight is 346 g/mol. The van der Waals surface area contributed by atoms with E-state index in [1.807, 2.05) is 0 Å². The summed E-state index contributed by atoms with van der Waals surface area (Å²) in [5.41, 5.74) is 1.29. The van der Waals surface area contributed by atoms with Gasteiger partial charge in [-0.1, -0.05) is 0 Å². The minimum Gasteiger partial charge on any atom is -0.379 e. The van der Waals surface area contributed by atoms with Gasteiger partial charge in [-0.2, -0.15) is 0 Å². The van der Waals surface area contributed by atoms with Crippen molar-refractivity contribution in [1.29, 1.82) is 0 Å². The molecule has 1 aromatic carbocycles. The number of rotatable bonds is 7. The molecule has 1 saturated heterocycles. The number of nitrogens with one attached hydrogen (secondary N) is 3. The summed E-state index contributed by atoms with van der Waals surface area (Å²) < 4.78 is 5.31. The number of nitrogens with zero attached hydrogens (tertiary/aromatic N) is 1. The molecule has 2 fully saturated rings. The quantitative estimate of drug-likeness (QED) is 0.652. The molecule has 0 aromatic heterocycles. The maximum absolute atomic E-state index is 11.9. The van der Waals surface area contributed by atoms with Crippen molar-refractivity contribution in [2.45, 2.75) is 25.3 Å². The van der Waals surface area contributed by atoms with Crippen molar-refractivity contribution in [3.63, 3.8) is 0 Å². The second-order valence-corrected chi connectivity index (χ2v) is 6.51. The highest BCUT2D eigenvalue weighted by molar-refractivity contribution is 5.95. The van der Waals surface area contributed by atoms with Gasteiger partial charge in [0.25, 0.3) is 5.91 Å². The van der Waals surface area contributed by atoms with Gasteiger partial charge in [-0.25, -0.2) is 4.79 Å². The van der Waals surface area contributed by atoms with Crippen LogP contribution < -0.4 is 16.0 Å². The lowest BCUT2D eigenvalue weighted by Crippen LogP contribution is -2.38. The van der Waals surface area contributed by atoms with Crippen molar-refractivity contribution in [2.24, 2.45) is 0 Å². The normalized spacial score (nSPS) is 17.8. The molecule has 1 aliphatic heterocycles. The first-order chi connectivity index (χ1) is 12.2. The highest BCUT2D eigenvalue weighted by atomic mass is 16.5. The number of anilines is 1. The lowest BCUT2D eigenvalue weighted by Gasteiger charge is -2.26. The molecule has 1 aromatic rings. The number of hydrogen-bond acceptors (Lipinski definition) is 4. The number of urea groups is 1. The lowest BCUT2D eigenvalue weighted by atomic mass is 10.2. The predicted molar refractivity (Wildman–Crippen MR) is 95.8 cm³/mol. The molecule has 1 aliphatic carbocycles. The van der Waals surface area contributed by atoms with E-state index < -0.39 is 0 Å². The third kappa shape index (κ3) is 6.03. The third-order valence-electron chi connectivity index (χ3n) is 4.36. The van der Waals surface area contributed by atoms with Crippen LogP contribution >= 0.6 is 0 Å². The fourth-order valence-corrected chi connectivity index (χ4v) is 2.71. The molecular weight excluding hydrogens is 320 g/mol. The Morgan fingerprint density at radius 2 is 1.84 bits per heavy atom. The molecule has 7 nitrogen and oxygen atoms in total. The zero-order chi connectivity index (χ0) is 17.5. The Bertz CT molecular complexity index is 580. The van der Waals surface area contributed by atoms with Crippen molar-refractivity contribution < 1.29 is 14.3 Å². The first-order valence-electron chi connectivity index (χ1n) is 8.96. The fraction of sp³-hybridized carbons (Fsp3) is 0.556. The third-order valence-corrected chi connectivity index (χ3v) is 4.36. The molecule has 2 aliphatic rings. The van der Waals surface area contributed by atoms with Gasteiger partial charge in [0.15, 0.2) is 0 Å². The topological polar surface area (TPSA) is 82.7 Å². The van der Waals surface area contributed by atoms with E-state index in [4.69, 9.17) is 4.74 Å². The first-order valence-corrected chi connectivity index (χ1v) is 8.96. The zero-order valence-electron chi connectivity index (χ0n) is 14.4. The standard InChI is InChI=1S/C18H26N4O3/c23-17(20-15-6-7-15)14-2-4-16(5-3-14)21-18(24)19-8-1-9-22-10-12-25-13-11-22/h2-5,15H,1,6-13H2,(H,20,23)(H2,19,21,24). The largest absolute Gasteiger partial charge is 0.379 e. The van der Waals surface area contributed by atoms with Crippen LogP contribution in [0.1, 0.15) is 29.6 Å². The Morgan fingerprint density at radius 3 is 2.52 bits per heavy atom. The summed E-state index contributed by atoms with van der Waals surface area (Å²) in [7, 11) is 0. The van der Waals surface area contributed by atoms with Gasteiger partial charge in [0.1, 0.15) is 0 Å². The van der Waals surface area contributed by atoms with Crippen molar-refractivity contribution in [1.82, 2.24) is 15.5 Å². The van der Waals surface area contributed by atoms with Crippen molar-refractivity contribution in [2.75, 3.05) is 44.7 Å². The molecule has 7 heteroatoms. The van der Waals surface area contributed by atoms with E-state index in [0.717, 1.165) is 52.1 Å². The number of amides is 3. The second-order valence-electron chi connectivity index (χ2n) is 6.51. The molecular formula is C18H26N4O3. The molecule has 3 rings (SSSR count). The number of benzene rings is 1. The van der Waals surface area contributed by atoms with Crippen LogP contribution in [-0.2, 0) is 4.74 Å². The van der Waals surface area contributed by atoms with Gasteiger partial charge in [0.2, 0.25) is 0 Å². The van der Waals surface area contributed by atoms with Gasteiger partial charge in [-0.15, -0.1) is 0 Å². The average Bonchev–Trinajstić information content (AvgIpc) is 3.44. The van der Waals surface area contributed by atoms with Crippen LogP contribution in [0.2, 0.25) is 0 Å². The molecule has 0 unspecified atom stereocenters. The highest BCUT2D eigenvalue weighted by Crippen LogP contribution is 2.19. The van der Waals surface area contributed by atoms with E-state index >= 15 is 0 Å². The molecule has 3 N–H and O–H groups in total. The van der Waals surface area contributed by atoms with Crippen LogP contribution in [0, 0.1) is 0 Å². The highest BCUT2D eigenvalue weighted by Gasteiger charge is 2.23. The lowest BCUT2D eigenvalue weighted by molar-refractivity contribution is 0.0375. The summed E-state index contributed by atoms with van der Waals surface area (Å²) >= 11 is 0. The molecule has 3 amide bonds. The Hall–Kier alpha value is -2.12. The monoisotopic (exact) mass is 346 g/mol. The smallest absolute Gasteiger partial charge is 0.319 e. The number of hydrogen-bond donors (Lipinski definition) is 3. The van der Waals surface area contributed by atoms with E-state index in [1.165, 1.54) is 0 Å². The zero-order valence-corrected chi connectivity index (χ0v) is 14.4. The Labute approximate surface area is 148 Å². The summed E-state index contributed by atoms with van der Waals surface area (Å²) in [5.74, 6) is -0.0541. The fourth-order valence-electron chi connectivity index (χ4n) is 2.71. The maximum atomic E-state index is 11.9. The molecule has 136 valence electrons. The molecule has 1 saturated carbocycles. The summed E-state index contributed by atoms with van der Waals surface area (Å²) in [6.45, 7) is 5.12. The van der Waals surface area contributed by atoms with Crippen molar-refractivity contribution >= 4 is 17.6 Å². The van der Waals surface area contributed by atoms with E-state index in [2.05, 4.69) is 20.9 Å². The predicted octanol–water partition coefficient (Wildman–Crippen LogP) is 1.42. The van der Waals surface area contributed by atoms with E-state index in [-0.39, 0.29) is 11.9 Å². The van der Waals surface area contributed by atoms with Crippen LogP contribution in [0.3, 0.4) is 0 Å². The van der Waals surface area contributed by atoms with Crippen LogP contribution in [0.5, 0.6) is 0 Å². The Balaban J connectivity index is 1.33. The van der Waals surface area contributed by atoms with Gasteiger partial charge >= 0.3 is 6.03 Å². The second kappa shape index (κ2) is 8.82. The molecule has 0 radical (unpaired) electrons. The molecule has 25 heavy (non-hydrogen) atoms. The number of ether oxygens (including phenoxy) is 1. The Kier molecular flexibility index (Phi) is 6.25. The molecule has 1 heterocycles. The minimum atomic E-state index is -0.225. The van der Waals surface area contributed by atoms with Crippen LogP contribution in [0.15, 0.2) is 24.3 Å². The minimum absolute atomic E-state index is 0.0541. The molecule has 0 atom stereocenters. The van der Waals surface area contributed by atoms with Gasteiger partial charge < -0.3 is 20.7 Å². The summed E-state index contributed by atoms with van der Waals surface area (Å²) in [5, 5.41) is 8.58.